The predicted molar refractivity (Wildman–Crippen MR) is 107 cm³/mol. The van der Waals surface area contributed by atoms with Gasteiger partial charge >= 0.3 is 16.5 Å². The van der Waals surface area contributed by atoms with Gasteiger partial charge in [0.1, 0.15) is 0 Å². The quantitative estimate of drug-likeness (QED) is 0.147. The third-order valence-corrected chi connectivity index (χ3v) is 5.00. The van der Waals surface area contributed by atoms with Crippen LogP contribution in [0, 0.1) is 0 Å². The van der Waals surface area contributed by atoms with Crippen molar-refractivity contribution in [2.24, 2.45) is 0 Å². The molecule has 0 aliphatic carbocycles. The van der Waals surface area contributed by atoms with Gasteiger partial charge in [-0.15, -0.1) is 9.79 Å². The van der Waals surface area contributed by atoms with Crippen LogP contribution >= 0.6 is 16.5 Å². The zero-order chi connectivity index (χ0) is 19.9. The summed E-state index contributed by atoms with van der Waals surface area (Å²) in [5, 5.41) is 8.58. The van der Waals surface area contributed by atoms with Gasteiger partial charge in [-0.1, -0.05) is 96.1 Å². The Balaban J connectivity index is 0. The first-order valence-electron chi connectivity index (χ1n) is 9.80. The van der Waals surface area contributed by atoms with Gasteiger partial charge in [-0.05, 0) is 12.8 Å². The van der Waals surface area contributed by atoms with E-state index < -0.39 is 16.5 Å². The smallest absolute Gasteiger partial charge is 0.392 e. The summed E-state index contributed by atoms with van der Waals surface area (Å²) >= 11 is 0. The Kier molecular flexibility index (Phi) is 26.7. The Hall–Kier alpha value is -0.220. The molecule has 6 nitrogen and oxygen atoms in total. The number of hydrogen-bond donors (Lipinski definition) is 3. The standard InChI is InChI=1S/C18H36O.O5P2/c1-2-3-4-5-6-7-8-9-10-11-12-13-14-15-16-17-18-19;1-6(2)5-7(3)4/h16-17,19H,2-15,18H2,1H3;/p+2. The zero-order valence-electron chi connectivity index (χ0n) is 16.2. The molecule has 154 valence electrons. The number of hydrogen-bond acceptors (Lipinski definition) is 4. The summed E-state index contributed by atoms with van der Waals surface area (Å²) in [7, 11) is -5.85. The summed E-state index contributed by atoms with van der Waals surface area (Å²) < 4.78 is 22.2. The lowest BCUT2D eigenvalue weighted by Crippen LogP contribution is -1.82. The molecule has 0 aromatic carbocycles. The van der Waals surface area contributed by atoms with E-state index in [-0.39, 0.29) is 6.61 Å². The minimum absolute atomic E-state index is 0.193. The van der Waals surface area contributed by atoms with Crippen molar-refractivity contribution in [1.29, 1.82) is 0 Å². The van der Waals surface area contributed by atoms with Gasteiger partial charge in [0.05, 0.1) is 6.61 Å². The topological polar surface area (TPSA) is 104 Å². The minimum atomic E-state index is -2.92. The molecular formula is C18H38O6P2+2. The van der Waals surface area contributed by atoms with Crippen LogP contribution in [0.15, 0.2) is 12.2 Å². The lowest BCUT2D eigenvalue weighted by Gasteiger charge is -2.02. The van der Waals surface area contributed by atoms with E-state index in [2.05, 4.69) is 17.3 Å². The normalized spacial score (nSPS) is 12.0. The molecule has 0 saturated heterocycles. The van der Waals surface area contributed by atoms with Crippen LogP contribution in [0.5, 0.6) is 0 Å². The van der Waals surface area contributed by atoms with Crippen molar-refractivity contribution in [2.45, 2.75) is 96.8 Å². The molecule has 0 amide bonds. The molecule has 0 heterocycles. The van der Waals surface area contributed by atoms with E-state index in [1.165, 1.54) is 83.5 Å². The molecule has 0 radical (unpaired) electrons. The van der Waals surface area contributed by atoms with E-state index in [1.54, 1.807) is 0 Å². The maximum absolute atomic E-state index is 9.39. The van der Waals surface area contributed by atoms with E-state index in [1.807, 2.05) is 6.08 Å². The highest BCUT2D eigenvalue weighted by Crippen LogP contribution is 2.30. The van der Waals surface area contributed by atoms with Crippen LogP contribution in [-0.2, 0) is 13.4 Å². The molecule has 0 bridgehead atoms. The zero-order valence-corrected chi connectivity index (χ0v) is 18.0. The Morgan fingerprint density at radius 3 is 1.38 bits per heavy atom. The number of allylic oxidation sites excluding steroid dienone is 1. The number of rotatable bonds is 17. The first kappa shape index (κ1) is 28.0. The average Bonchev–Trinajstić information content (AvgIpc) is 2.58. The van der Waals surface area contributed by atoms with Crippen molar-refractivity contribution < 1.29 is 28.3 Å². The van der Waals surface area contributed by atoms with Gasteiger partial charge in [-0.3, -0.25) is 0 Å². The molecule has 8 heteroatoms. The predicted octanol–water partition coefficient (Wildman–Crippen LogP) is 6.32. The molecule has 2 atom stereocenters. The molecule has 26 heavy (non-hydrogen) atoms. The summed E-state index contributed by atoms with van der Waals surface area (Å²) in [6.07, 6.45) is 23.4. The van der Waals surface area contributed by atoms with Crippen molar-refractivity contribution in [1.82, 2.24) is 0 Å². The summed E-state index contributed by atoms with van der Waals surface area (Å²) in [6, 6.07) is 0. The van der Waals surface area contributed by atoms with Gasteiger partial charge in [-0.25, -0.2) is 0 Å². The fraction of sp³-hybridized carbons (Fsp3) is 0.889. The number of aliphatic hydroxyl groups is 1. The Morgan fingerprint density at radius 1 is 0.692 bits per heavy atom. The number of aliphatic hydroxyl groups excluding tert-OH is 1. The lowest BCUT2D eigenvalue weighted by molar-refractivity contribution is 0.342. The molecule has 3 N–H and O–H groups in total. The lowest BCUT2D eigenvalue weighted by atomic mass is 10.0. The van der Waals surface area contributed by atoms with E-state index in [0.717, 1.165) is 6.42 Å². The average molecular weight is 412 g/mol. The van der Waals surface area contributed by atoms with E-state index in [0.29, 0.717) is 0 Å². The summed E-state index contributed by atoms with van der Waals surface area (Å²) in [6.45, 7) is 2.47. The highest BCUT2D eigenvalue weighted by molar-refractivity contribution is 7.46. The Morgan fingerprint density at radius 2 is 1.08 bits per heavy atom. The molecule has 0 spiro atoms. The molecule has 0 aromatic rings. The minimum Gasteiger partial charge on any atom is -0.392 e. The van der Waals surface area contributed by atoms with Gasteiger partial charge in [-0.2, -0.15) is 0 Å². The van der Waals surface area contributed by atoms with Gasteiger partial charge < -0.3 is 5.11 Å². The SMILES string of the molecule is CCCCCCCCCCCCCCCC=CCO.O=[P+](O)O[P+](=O)O. The van der Waals surface area contributed by atoms with Crippen molar-refractivity contribution in [3.8, 4) is 0 Å². The molecule has 0 aromatic heterocycles. The van der Waals surface area contributed by atoms with Crippen LogP contribution in [0.3, 0.4) is 0 Å². The Labute approximate surface area is 161 Å². The van der Waals surface area contributed by atoms with Crippen LogP contribution in [0.2, 0.25) is 0 Å². The largest absolute Gasteiger partial charge is 0.745 e. The fourth-order valence-electron chi connectivity index (χ4n) is 2.53. The second kappa shape index (κ2) is 24.8. The summed E-state index contributed by atoms with van der Waals surface area (Å²) in [5.41, 5.74) is 0. The van der Waals surface area contributed by atoms with E-state index in [9.17, 15) is 9.13 Å². The van der Waals surface area contributed by atoms with Crippen LogP contribution in [-0.4, -0.2) is 21.5 Å². The second-order valence-electron chi connectivity index (χ2n) is 6.24. The highest BCUT2D eigenvalue weighted by atomic mass is 31.2. The van der Waals surface area contributed by atoms with Crippen molar-refractivity contribution >= 4 is 16.5 Å². The summed E-state index contributed by atoms with van der Waals surface area (Å²) in [4.78, 5) is 15.3. The third-order valence-electron chi connectivity index (χ3n) is 3.89. The van der Waals surface area contributed by atoms with Crippen molar-refractivity contribution in [3.05, 3.63) is 12.2 Å². The first-order chi connectivity index (χ1) is 12.5. The molecule has 2 unspecified atom stereocenters. The molecule has 0 fully saturated rings. The second-order valence-corrected chi connectivity index (χ2v) is 7.85. The fourth-order valence-corrected chi connectivity index (χ4v) is 3.01. The molecule has 0 saturated carbocycles. The van der Waals surface area contributed by atoms with Gasteiger partial charge in [0.15, 0.2) is 4.31 Å². The number of unbranched alkanes of at least 4 members (excludes halogenated alkanes) is 13. The van der Waals surface area contributed by atoms with Crippen LogP contribution < -0.4 is 0 Å². The van der Waals surface area contributed by atoms with Crippen LogP contribution in [0.25, 0.3) is 0 Å². The van der Waals surface area contributed by atoms with E-state index >= 15 is 0 Å². The first-order valence-corrected chi connectivity index (χ1v) is 12.1. The van der Waals surface area contributed by atoms with Gasteiger partial charge in [0.25, 0.3) is 0 Å². The van der Waals surface area contributed by atoms with Crippen LogP contribution in [0.4, 0.5) is 0 Å². The van der Waals surface area contributed by atoms with Gasteiger partial charge in [0.2, 0.25) is 0 Å². The van der Waals surface area contributed by atoms with Gasteiger partial charge in [0, 0.05) is 9.13 Å². The summed E-state index contributed by atoms with van der Waals surface area (Å²) in [5.74, 6) is 0. The van der Waals surface area contributed by atoms with E-state index in [4.69, 9.17) is 14.9 Å². The maximum atomic E-state index is 9.39. The van der Waals surface area contributed by atoms with Crippen molar-refractivity contribution in [2.75, 3.05) is 6.61 Å². The molecule has 0 aliphatic heterocycles. The molecular weight excluding hydrogens is 374 g/mol. The molecule has 0 rings (SSSR count). The highest BCUT2D eigenvalue weighted by Gasteiger charge is 2.31. The Bertz CT molecular complexity index is 339. The monoisotopic (exact) mass is 412 g/mol. The van der Waals surface area contributed by atoms with Crippen molar-refractivity contribution in [3.63, 3.8) is 0 Å². The molecule has 0 aliphatic rings. The maximum Gasteiger partial charge on any atom is 0.745 e. The third kappa shape index (κ3) is 31.5. The van der Waals surface area contributed by atoms with Crippen LogP contribution in [0.1, 0.15) is 96.8 Å².